The Hall–Kier alpha value is -1.46. The maximum absolute atomic E-state index is 12.3. The zero-order valence-corrected chi connectivity index (χ0v) is 11.9. The van der Waals surface area contributed by atoms with E-state index in [9.17, 15) is 21.6 Å². The van der Waals surface area contributed by atoms with Gasteiger partial charge in [-0.15, -0.1) is 0 Å². The van der Waals surface area contributed by atoms with E-state index in [1.54, 1.807) is 13.0 Å². The van der Waals surface area contributed by atoms with Crippen LogP contribution < -0.4 is 4.18 Å². The summed E-state index contributed by atoms with van der Waals surface area (Å²) < 4.78 is 63.3. The molecule has 0 atom stereocenters. The number of halogens is 4. The molecular formula is C11H9ClF3NO3S. The lowest BCUT2D eigenvalue weighted by molar-refractivity contribution is -0.0500. The van der Waals surface area contributed by atoms with Gasteiger partial charge in [0.25, 0.3) is 0 Å². The van der Waals surface area contributed by atoms with Gasteiger partial charge in [-0.3, -0.25) is 0 Å². The fourth-order valence-electron chi connectivity index (χ4n) is 1.43. The van der Waals surface area contributed by atoms with E-state index in [2.05, 4.69) is 4.18 Å². The molecule has 0 N–H and O–H groups in total. The van der Waals surface area contributed by atoms with Crippen molar-refractivity contribution in [1.29, 1.82) is 5.26 Å². The van der Waals surface area contributed by atoms with E-state index in [1.807, 2.05) is 0 Å². The van der Waals surface area contributed by atoms with Crippen molar-refractivity contribution >= 4 is 21.7 Å². The number of nitriles is 1. The van der Waals surface area contributed by atoms with Crippen molar-refractivity contribution in [3.8, 4) is 11.8 Å². The first kappa shape index (κ1) is 16.6. The molecule has 0 unspecified atom stereocenters. The van der Waals surface area contributed by atoms with Gasteiger partial charge in [0.1, 0.15) is 11.6 Å². The van der Waals surface area contributed by atoms with E-state index >= 15 is 0 Å². The maximum Gasteiger partial charge on any atom is 0.534 e. The topological polar surface area (TPSA) is 67.2 Å². The van der Waals surface area contributed by atoms with Crippen molar-refractivity contribution < 1.29 is 25.8 Å². The van der Waals surface area contributed by atoms with Gasteiger partial charge >= 0.3 is 15.6 Å². The molecule has 0 bridgehead atoms. The molecule has 0 heterocycles. The van der Waals surface area contributed by atoms with Crippen molar-refractivity contribution in [2.45, 2.75) is 25.8 Å². The first-order valence-electron chi connectivity index (χ1n) is 5.28. The molecule has 20 heavy (non-hydrogen) atoms. The van der Waals surface area contributed by atoms with Crippen molar-refractivity contribution in [2.24, 2.45) is 0 Å². The highest BCUT2D eigenvalue weighted by Gasteiger charge is 2.49. The van der Waals surface area contributed by atoms with Crippen molar-refractivity contribution in [3.63, 3.8) is 0 Å². The van der Waals surface area contributed by atoms with Crippen LogP contribution >= 0.6 is 11.6 Å². The fourth-order valence-corrected chi connectivity index (χ4v) is 2.16. The Bertz CT molecular complexity index is 678. The number of benzene rings is 1. The monoisotopic (exact) mass is 327 g/mol. The largest absolute Gasteiger partial charge is 0.534 e. The number of alkyl halides is 3. The van der Waals surface area contributed by atoms with Gasteiger partial charge in [-0.25, -0.2) is 0 Å². The van der Waals surface area contributed by atoms with E-state index in [4.69, 9.17) is 16.9 Å². The fraction of sp³-hybridized carbons (Fsp3) is 0.364. The molecule has 0 aliphatic heterocycles. The predicted molar refractivity (Wildman–Crippen MR) is 65.9 cm³/mol. The van der Waals surface area contributed by atoms with Gasteiger partial charge in [0.05, 0.1) is 0 Å². The van der Waals surface area contributed by atoms with Gasteiger partial charge in [-0.05, 0) is 30.5 Å². The average Bonchev–Trinajstić information content (AvgIpc) is 2.32. The van der Waals surface area contributed by atoms with Crippen LogP contribution in [0.4, 0.5) is 13.2 Å². The van der Waals surface area contributed by atoms with E-state index in [0.717, 1.165) is 0 Å². The van der Waals surface area contributed by atoms with Crippen LogP contribution in [0.15, 0.2) is 6.07 Å². The van der Waals surface area contributed by atoms with E-state index in [-0.39, 0.29) is 28.1 Å². The minimum atomic E-state index is -5.84. The van der Waals surface area contributed by atoms with Gasteiger partial charge in [-0.2, -0.15) is 26.9 Å². The highest BCUT2D eigenvalue weighted by Crippen LogP contribution is 2.36. The van der Waals surface area contributed by atoms with E-state index in [1.165, 1.54) is 13.0 Å². The molecule has 0 saturated carbocycles. The molecule has 1 aromatic carbocycles. The Labute approximate surface area is 118 Å². The summed E-state index contributed by atoms with van der Waals surface area (Å²) in [6, 6.07) is 2.89. The number of hydrogen-bond donors (Lipinski definition) is 0. The highest BCUT2D eigenvalue weighted by molar-refractivity contribution is 7.88. The lowest BCUT2D eigenvalue weighted by Gasteiger charge is -2.15. The molecule has 9 heteroatoms. The van der Waals surface area contributed by atoms with Gasteiger partial charge in [0.15, 0.2) is 5.75 Å². The maximum atomic E-state index is 12.3. The van der Waals surface area contributed by atoms with Gasteiger partial charge < -0.3 is 4.18 Å². The van der Waals surface area contributed by atoms with Crippen molar-refractivity contribution in [2.75, 3.05) is 0 Å². The van der Waals surface area contributed by atoms with Crippen molar-refractivity contribution in [3.05, 3.63) is 27.8 Å². The minimum Gasteiger partial charge on any atom is -0.374 e. The molecule has 0 fully saturated rings. The van der Waals surface area contributed by atoms with Gasteiger partial charge in [0, 0.05) is 5.02 Å². The zero-order chi connectivity index (χ0) is 15.7. The van der Waals surface area contributed by atoms with Crippen molar-refractivity contribution in [1.82, 2.24) is 0 Å². The molecule has 0 saturated heterocycles. The summed E-state index contributed by atoms with van der Waals surface area (Å²) in [5, 5.41) is 9.13. The molecule has 0 spiro atoms. The molecule has 0 aromatic heterocycles. The number of rotatable bonds is 3. The third kappa shape index (κ3) is 2.99. The summed E-state index contributed by atoms with van der Waals surface area (Å²) >= 11 is 5.83. The second-order valence-corrected chi connectivity index (χ2v) is 5.74. The summed E-state index contributed by atoms with van der Waals surface area (Å²) in [7, 11) is -5.84. The molecule has 0 radical (unpaired) electrons. The second kappa shape index (κ2) is 5.50. The number of hydrogen-bond acceptors (Lipinski definition) is 4. The Morgan fingerprint density at radius 1 is 1.45 bits per heavy atom. The summed E-state index contributed by atoms with van der Waals surface area (Å²) in [5.41, 5.74) is -5.65. The molecule has 1 aromatic rings. The third-order valence-electron chi connectivity index (χ3n) is 2.52. The Morgan fingerprint density at radius 3 is 2.40 bits per heavy atom. The van der Waals surface area contributed by atoms with Gasteiger partial charge in [-0.1, -0.05) is 18.5 Å². The normalized spacial score (nSPS) is 12.1. The van der Waals surface area contributed by atoms with Crippen LogP contribution in [-0.2, 0) is 16.5 Å². The molecular weight excluding hydrogens is 319 g/mol. The standard InChI is InChI=1S/C11H9ClF3NO3S/c1-3-7-4-9(12)6(2)8(5-16)10(7)19-20(17,18)11(13,14)15/h4H,3H2,1-2H3. The molecule has 0 aliphatic rings. The molecule has 4 nitrogen and oxygen atoms in total. The predicted octanol–water partition coefficient (Wildman–Crippen LogP) is 3.31. The Balaban J connectivity index is 3.54. The van der Waals surface area contributed by atoms with Crippen LogP contribution in [0.25, 0.3) is 0 Å². The average molecular weight is 328 g/mol. The number of aryl methyl sites for hydroxylation is 1. The molecule has 1 rings (SSSR count). The van der Waals surface area contributed by atoms with E-state index < -0.39 is 21.4 Å². The van der Waals surface area contributed by atoms with Crippen LogP contribution in [0.1, 0.15) is 23.6 Å². The lowest BCUT2D eigenvalue weighted by atomic mass is 10.0. The summed E-state index contributed by atoms with van der Waals surface area (Å²) in [4.78, 5) is 0. The van der Waals surface area contributed by atoms with Gasteiger partial charge in [0.2, 0.25) is 0 Å². The minimum absolute atomic E-state index is 0.102. The first-order chi connectivity index (χ1) is 9.05. The summed E-state index contributed by atoms with van der Waals surface area (Å²) in [6.07, 6.45) is 0.150. The smallest absolute Gasteiger partial charge is 0.374 e. The van der Waals surface area contributed by atoms with Crippen LogP contribution in [0.3, 0.4) is 0 Å². The molecule has 0 amide bonds. The number of nitrogens with zero attached hydrogens (tertiary/aromatic N) is 1. The third-order valence-corrected chi connectivity index (χ3v) is 3.87. The van der Waals surface area contributed by atoms with Crippen LogP contribution in [0.2, 0.25) is 5.02 Å². The first-order valence-corrected chi connectivity index (χ1v) is 7.06. The summed E-state index contributed by atoms with van der Waals surface area (Å²) in [5.74, 6) is -0.630. The molecule has 110 valence electrons. The lowest BCUT2D eigenvalue weighted by Crippen LogP contribution is -2.28. The highest BCUT2D eigenvalue weighted by atomic mass is 35.5. The zero-order valence-electron chi connectivity index (χ0n) is 10.4. The van der Waals surface area contributed by atoms with E-state index in [0.29, 0.717) is 0 Å². The Kier molecular flexibility index (Phi) is 4.56. The second-order valence-electron chi connectivity index (χ2n) is 3.80. The Morgan fingerprint density at radius 2 is 2.00 bits per heavy atom. The molecule has 0 aliphatic carbocycles. The SMILES string of the molecule is CCc1cc(Cl)c(C)c(C#N)c1OS(=O)(=O)C(F)(F)F. The van der Waals surface area contributed by atoms with Crippen LogP contribution in [0, 0.1) is 18.3 Å². The summed E-state index contributed by atoms with van der Waals surface area (Å²) in [6.45, 7) is 2.95. The van der Waals surface area contributed by atoms with Crippen LogP contribution in [-0.4, -0.2) is 13.9 Å². The quantitative estimate of drug-likeness (QED) is 0.631. The van der Waals surface area contributed by atoms with Crippen LogP contribution in [0.5, 0.6) is 5.75 Å².